The van der Waals surface area contributed by atoms with Crippen LogP contribution >= 0.6 is 0 Å². The zero-order valence-corrected chi connectivity index (χ0v) is 16.7. The van der Waals surface area contributed by atoms with Crippen molar-refractivity contribution in [2.45, 2.75) is 32.5 Å². The van der Waals surface area contributed by atoms with E-state index in [9.17, 15) is 9.59 Å². The van der Waals surface area contributed by atoms with Gasteiger partial charge in [-0.15, -0.1) is 0 Å². The monoisotopic (exact) mass is 388 g/mol. The highest BCUT2D eigenvalue weighted by atomic mass is 16.5. The van der Waals surface area contributed by atoms with E-state index in [1.165, 1.54) is 10.1 Å². The van der Waals surface area contributed by atoms with E-state index in [4.69, 9.17) is 4.74 Å². The van der Waals surface area contributed by atoms with Gasteiger partial charge >= 0.3 is 0 Å². The smallest absolute Gasteiger partial charge is 0.251 e. The van der Waals surface area contributed by atoms with E-state index in [1.807, 2.05) is 48.2 Å². The zero-order chi connectivity index (χ0) is 20.4. The number of hydrogen-bond donors (Lipinski definition) is 0. The fraction of sp³-hybridized carbons (Fsp3) is 0.250. The lowest BCUT2D eigenvalue weighted by Gasteiger charge is -2.37. The van der Waals surface area contributed by atoms with Crippen LogP contribution in [0.3, 0.4) is 0 Å². The molecule has 1 aliphatic rings. The average Bonchev–Trinajstić information content (AvgIpc) is 2.75. The molecule has 1 aromatic heterocycles. The number of amides is 1. The van der Waals surface area contributed by atoms with Crippen LogP contribution in [-0.2, 0) is 24.3 Å². The fourth-order valence-electron chi connectivity index (χ4n) is 3.90. The Balaban J connectivity index is 1.68. The number of carbonyl (C=O) groups excluding carboxylic acids is 1. The second-order valence-electron chi connectivity index (χ2n) is 7.46. The summed E-state index contributed by atoms with van der Waals surface area (Å²) in [5.41, 5.74) is 4.13. The van der Waals surface area contributed by atoms with Gasteiger partial charge in [0.2, 0.25) is 5.91 Å². The largest absolute Gasteiger partial charge is 0.497 e. The van der Waals surface area contributed by atoms with E-state index < -0.39 is 0 Å². The lowest BCUT2D eigenvalue weighted by molar-refractivity contribution is -0.135. The van der Waals surface area contributed by atoms with E-state index in [0.717, 1.165) is 28.9 Å². The summed E-state index contributed by atoms with van der Waals surface area (Å²) in [5, 5.41) is 0. The van der Waals surface area contributed by atoms with Gasteiger partial charge in [-0.1, -0.05) is 36.4 Å². The number of pyridine rings is 1. The Morgan fingerprint density at radius 1 is 1.07 bits per heavy atom. The molecule has 5 heteroatoms. The van der Waals surface area contributed by atoms with Crippen molar-refractivity contribution < 1.29 is 9.53 Å². The van der Waals surface area contributed by atoms with Gasteiger partial charge in [0.1, 0.15) is 12.3 Å². The predicted molar refractivity (Wildman–Crippen MR) is 112 cm³/mol. The minimum atomic E-state index is -0.159. The average molecular weight is 388 g/mol. The number of nitrogens with zero attached hydrogens (tertiary/aromatic N) is 2. The normalized spacial score (nSPS) is 15.7. The van der Waals surface area contributed by atoms with Crippen molar-refractivity contribution in [2.75, 3.05) is 7.11 Å². The van der Waals surface area contributed by atoms with Crippen LogP contribution in [-0.4, -0.2) is 22.5 Å². The molecular formula is C24H24N2O3. The molecule has 0 saturated carbocycles. The van der Waals surface area contributed by atoms with Crippen molar-refractivity contribution in [3.05, 3.63) is 99.5 Å². The summed E-state index contributed by atoms with van der Waals surface area (Å²) in [5.74, 6) is 0.711. The van der Waals surface area contributed by atoms with Gasteiger partial charge < -0.3 is 14.2 Å². The first-order chi connectivity index (χ1) is 14.0. The second-order valence-corrected chi connectivity index (χ2v) is 7.46. The number of hydrogen-bond acceptors (Lipinski definition) is 3. The molecule has 148 valence electrons. The summed E-state index contributed by atoms with van der Waals surface area (Å²) in [7, 11) is 1.64. The minimum Gasteiger partial charge on any atom is -0.497 e. The molecule has 29 heavy (non-hydrogen) atoms. The maximum atomic E-state index is 13.3. The number of benzene rings is 2. The SMILES string of the molecule is COc1ccc2c(c1)CN(C(=O)Cn1ccc(C)cc1=O)C(c1ccccc1)C2. The van der Waals surface area contributed by atoms with Gasteiger partial charge in [-0.05, 0) is 53.8 Å². The molecule has 1 amide bonds. The molecule has 1 aliphatic heterocycles. The topological polar surface area (TPSA) is 51.5 Å². The van der Waals surface area contributed by atoms with Gasteiger partial charge in [-0.3, -0.25) is 9.59 Å². The van der Waals surface area contributed by atoms with E-state index in [2.05, 4.69) is 18.2 Å². The Hall–Kier alpha value is -3.34. The van der Waals surface area contributed by atoms with Crippen LogP contribution in [0.5, 0.6) is 5.75 Å². The Labute approximate surface area is 170 Å². The number of methoxy groups -OCH3 is 1. The van der Waals surface area contributed by atoms with Crippen molar-refractivity contribution in [2.24, 2.45) is 0 Å². The first kappa shape index (κ1) is 19.0. The predicted octanol–water partition coefficient (Wildman–Crippen LogP) is 3.49. The lowest BCUT2D eigenvalue weighted by atomic mass is 9.89. The van der Waals surface area contributed by atoms with Crippen LogP contribution in [0, 0.1) is 6.92 Å². The second kappa shape index (κ2) is 7.95. The van der Waals surface area contributed by atoms with Crippen LogP contribution in [0.1, 0.15) is 28.3 Å². The first-order valence-electron chi connectivity index (χ1n) is 9.72. The van der Waals surface area contributed by atoms with Crippen molar-refractivity contribution in [1.29, 1.82) is 0 Å². The molecule has 0 saturated heterocycles. The molecule has 0 radical (unpaired) electrons. The fourth-order valence-corrected chi connectivity index (χ4v) is 3.90. The molecule has 0 bridgehead atoms. The molecule has 5 nitrogen and oxygen atoms in total. The molecular weight excluding hydrogens is 364 g/mol. The Bertz CT molecular complexity index is 1090. The highest BCUT2D eigenvalue weighted by molar-refractivity contribution is 5.77. The van der Waals surface area contributed by atoms with Gasteiger partial charge in [-0.25, -0.2) is 0 Å². The van der Waals surface area contributed by atoms with E-state index >= 15 is 0 Å². The maximum Gasteiger partial charge on any atom is 0.251 e. The molecule has 0 aliphatic carbocycles. The molecule has 2 aromatic carbocycles. The summed E-state index contributed by atoms with van der Waals surface area (Å²) in [4.78, 5) is 27.4. The Morgan fingerprint density at radius 3 is 2.59 bits per heavy atom. The number of aromatic nitrogens is 1. The number of carbonyl (C=O) groups is 1. The summed E-state index contributed by atoms with van der Waals surface area (Å²) in [6.45, 7) is 2.39. The summed E-state index contributed by atoms with van der Waals surface area (Å²) in [6.07, 6.45) is 2.42. The minimum absolute atomic E-state index is 0.0295. The summed E-state index contributed by atoms with van der Waals surface area (Å²) in [6, 6.07) is 19.4. The van der Waals surface area contributed by atoms with Gasteiger partial charge in [0.05, 0.1) is 13.2 Å². The molecule has 0 N–H and O–H groups in total. The third-order valence-electron chi connectivity index (χ3n) is 5.51. The molecule has 1 atom stereocenters. The van der Waals surface area contributed by atoms with Gasteiger partial charge in [0.25, 0.3) is 5.56 Å². The van der Waals surface area contributed by atoms with Crippen molar-refractivity contribution in [1.82, 2.24) is 9.47 Å². The van der Waals surface area contributed by atoms with Gasteiger partial charge in [0.15, 0.2) is 0 Å². The molecule has 4 rings (SSSR count). The molecule has 3 aromatic rings. The highest BCUT2D eigenvalue weighted by Crippen LogP contribution is 2.35. The van der Waals surface area contributed by atoms with Crippen LogP contribution < -0.4 is 10.3 Å². The van der Waals surface area contributed by atoms with Crippen LogP contribution in [0.25, 0.3) is 0 Å². The Kier molecular flexibility index (Phi) is 5.21. The van der Waals surface area contributed by atoms with E-state index in [1.54, 1.807) is 19.4 Å². The summed E-state index contributed by atoms with van der Waals surface area (Å²) >= 11 is 0. The summed E-state index contributed by atoms with van der Waals surface area (Å²) < 4.78 is 6.83. The third-order valence-corrected chi connectivity index (χ3v) is 5.51. The van der Waals surface area contributed by atoms with Crippen LogP contribution in [0.2, 0.25) is 0 Å². The van der Waals surface area contributed by atoms with Crippen LogP contribution in [0.15, 0.2) is 71.7 Å². The first-order valence-corrected chi connectivity index (χ1v) is 9.72. The van der Waals surface area contributed by atoms with Gasteiger partial charge in [-0.2, -0.15) is 0 Å². The molecule has 1 unspecified atom stereocenters. The van der Waals surface area contributed by atoms with Crippen molar-refractivity contribution in [3.63, 3.8) is 0 Å². The maximum absolute atomic E-state index is 13.3. The van der Waals surface area contributed by atoms with Crippen molar-refractivity contribution >= 4 is 5.91 Å². The number of aryl methyl sites for hydroxylation is 1. The molecule has 2 heterocycles. The van der Waals surface area contributed by atoms with Crippen molar-refractivity contribution in [3.8, 4) is 5.75 Å². The van der Waals surface area contributed by atoms with Crippen LogP contribution in [0.4, 0.5) is 0 Å². The zero-order valence-electron chi connectivity index (χ0n) is 16.7. The number of fused-ring (bicyclic) bond motifs is 1. The lowest BCUT2D eigenvalue weighted by Crippen LogP contribution is -2.41. The number of rotatable bonds is 4. The quantitative estimate of drug-likeness (QED) is 0.687. The molecule has 0 fully saturated rings. The highest BCUT2D eigenvalue weighted by Gasteiger charge is 2.31. The van der Waals surface area contributed by atoms with E-state index in [-0.39, 0.29) is 24.1 Å². The van der Waals surface area contributed by atoms with Gasteiger partial charge in [0, 0.05) is 18.8 Å². The third kappa shape index (κ3) is 3.94. The Morgan fingerprint density at radius 2 is 1.86 bits per heavy atom. The standard InChI is InChI=1S/C24H24N2O3/c1-17-10-11-25(23(27)12-17)16-24(28)26-15-20-13-21(29-2)9-8-19(20)14-22(26)18-6-4-3-5-7-18/h3-13,22H,14-16H2,1-2H3. The molecule has 0 spiro atoms. The van der Waals surface area contributed by atoms with E-state index in [0.29, 0.717) is 6.54 Å². The number of ether oxygens (including phenoxy) is 1.